The molecule has 25 heavy (non-hydrogen) atoms. The predicted molar refractivity (Wildman–Crippen MR) is 88.2 cm³/mol. The molecule has 1 amide bonds. The molecular weight excluding hydrogens is 350 g/mol. The maximum atomic E-state index is 11.9. The molecule has 0 aliphatic rings. The summed E-state index contributed by atoms with van der Waals surface area (Å²) < 4.78 is 4.84. The average Bonchev–Trinajstić information content (AvgIpc) is 2.61. The van der Waals surface area contributed by atoms with Crippen molar-refractivity contribution in [2.75, 3.05) is 11.9 Å². The number of ether oxygens (including phenoxy) is 1. The van der Waals surface area contributed by atoms with E-state index in [1.54, 1.807) is 0 Å². The van der Waals surface area contributed by atoms with Crippen LogP contribution in [0.25, 0.3) is 0 Å². The van der Waals surface area contributed by atoms with E-state index >= 15 is 0 Å². The van der Waals surface area contributed by atoms with Crippen molar-refractivity contribution in [1.82, 2.24) is 0 Å². The van der Waals surface area contributed by atoms with Gasteiger partial charge in [-0.05, 0) is 24.3 Å². The maximum absolute atomic E-state index is 11.9. The van der Waals surface area contributed by atoms with Crippen molar-refractivity contribution in [3.05, 3.63) is 68.7 Å². The first-order chi connectivity index (χ1) is 11.9. The normalized spacial score (nSPS) is 9.76. The summed E-state index contributed by atoms with van der Waals surface area (Å²) in [5.41, 5.74) is 0.191. The van der Waals surface area contributed by atoms with Crippen LogP contribution < -0.4 is 5.32 Å². The first-order valence-corrected chi connectivity index (χ1v) is 7.19. The lowest BCUT2D eigenvalue weighted by molar-refractivity contribution is -0.384. The Kier molecular flexibility index (Phi) is 5.66. The Labute approximate surface area is 146 Å². The number of nitro groups is 1. The Hall–Kier alpha value is -3.44. The quantitative estimate of drug-likeness (QED) is 0.497. The van der Waals surface area contributed by atoms with E-state index < -0.39 is 23.4 Å². The van der Waals surface area contributed by atoms with Crippen LogP contribution in [0.4, 0.5) is 11.4 Å². The lowest BCUT2D eigenvalue weighted by atomic mass is 10.1. The first kappa shape index (κ1) is 17.9. The summed E-state index contributed by atoms with van der Waals surface area (Å²) in [6.45, 7) is -0.616. The van der Waals surface area contributed by atoms with Crippen LogP contribution in [0.15, 0.2) is 42.5 Å². The highest BCUT2D eigenvalue weighted by Crippen LogP contribution is 2.26. The molecule has 2 aromatic carbocycles. The molecule has 0 saturated carbocycles. The summed E-state index contributed by atoms with van der Waals surface area (Å²) in [6.07, 6.45) is 0. The van der Waals surface area contributed by atoms with Gasteiger partial charge in [0.1, 0.15) is 0 Å². The molecule has 0 aliphatic carbocycles. The molecule has 0 unspecified atom stereocenters. The minimum atomic E-state index is -0.780. The SMILES string of the molecule is N#Cc1cccc(C(=O)OCC(=O)Nc2cc([N+](=O)[O-])ccc2Cl)c1. The highest BCUT2D eigenvalue weighted by molar-refractivity contribution is 6.33. The van der Waals surface area contributed by atoms with E-state index in [2.05, 4.69) is 5.32 Å². The second-order valence-electron chi connectivity index (χ2n) is 4.74. The Morgan fingerprint density at radius 2 is 2.04 bits per heavy atom. The number of benzene rings is 2. The fourth-order valence-corrected chi connectivity index (χ4v) is 2.00. The Morgan fingerprint density at radius 1 is 1.28 bits per heavy atom. The van der Waals surface area contributed by atoms with Crippen LogP contribution in [-0.4, -0.2) is 23.4 Å². The molecule has 0 heterocycles. The summed E-state index contributed by atoms with van der Waals surface area (Å²) in [5, 5.41) is 22.0. The molecule has 0 radical (unpaired) electrons. The van der Waals surface area contributed by atoms with Gasteiger partial charge in [0.15, 0.2) is 6.61 Å². The summed E-state index contributed by atoms with van der Waals surface area (Å²) in [7, 11) is 0. The number of rotatable bonds is 5. The van der Waals surface area contributed by atoms with Crippen molar-refractivity contribution in [3.63, 3.8) is 0 Å². The van der Waals surface area contributed by atoms with Crippen LogP contribution in [0.1, 0.15) is 15.9 Å². The number of carbonyl (C=O) groups excluding carboxylic acids is 2. The van der Waals surface area contributed by atoms with Gasteiger partial charge in [-0.2, -0.15) is 5.26 Å². The number of nitrogens with one attached hydrogen (secondary N) is 1. The zero-order valence-corrected chi connectivity index (χ0v) is 13.3. The number of hydrogen-bond acceptors (Lipinski definition) is 6. The van der Waals surface area contributed by atoms with Gasteiger partial charge >= 0.3 is 5.97 Å². The molecule has 9 heteroatoms. The van der Waals surface area contributed by atoms with Gasteiger partial charge in [-0.1, -0.05) is 17.7 Å². The highest BCUT2D eigenvalue weighted by atomic mass is 35.5. The summed E-state index contributed by atoms with van der Waals surface area (Å²) in [6, 6.07) is 11.3. The van der Waals surface area contributed by atoms with Crippen LogP contribution in [-0.2, 0) is 9.53 Å². The molecule has 0 saturated heterocycles. The highest BCUT2D eigenvalue weighted by Gasteiger charge is 2.14. The monoisotopic (exact) mass is 359 g/mol. The molecule has 0 spiro atoms. The third-order valence-electron chi connectivity index (χ3n) is 3.00. The Balaban J connectivity index is 1.99. The number of amides is 1. The van der Waals surface area contributed by atoms with Crippen LogP contribution >= 0.6 is 11.6 Å². The lowest BCUT2D eigenvalue weighted by Gasteiger charge is -2.08. The van der Waals surface area contributed by atoms with E-state index in [1.807, 2.05) is 6.07 Å². The van der Waals surface area contributed by atoms with Gasteiger partial charge in [0.2, 0.25) is 0 Å². The zero-order chi connectivity index (χ0) is 18.4. The van der Waals surface area contributed by atoms with Crippen LogP contribution in [0.5, 0.6) is 0 Å². The van der Waals surface area contributed by atoms with Crippen molar-refractivity contribution in [1.29, 1.82) is 5.26 Å². The summed E-state index contributed by atoms with van der Waals surface area (Å²) >= 11 is 5.86. The number of halogens is 1. The van der Waals surface area contributed by atoms with E-state index in [0.29, 0.717) is 0 Å². The number of non-ortho nitro benzene ring substituents is 1. The second kappa shape index (κ2) is 7.90. The molecule has 2 aromatic rings. The molecule has 0 aliphatic heterocycles. The maximum Gasteiger partial charge on any atom is 0.338 e. The summed E-state index contributed by atoms with van der Waals surface area (Å²) in [5.74, 6) is -1.50. The molecule has 126 valence electrons. The molecule has 2 rings (SSSR count). The minimum absolute atomic E-state index is 0.0309. The van der Waals surface area contributed by atoms with Crippen LogP contribution in [0, 0.1) is 21.4 Å². The number of nitriles is 1. The zero-order valence-electron chi connectivity index (χ0n) is 12.6. The smallest absolute Gasteiger partial charge is 0.338 e. The molecule has 0 bridgehead atoms. The average molecular weight is 360 g/mol. The van der Waals surface area contributed by atoms with Crippen molar-refractivity contribution in [2.24, 2.45) is 0 Å². The fraction of sp³-hybridized carbons (Fsp3) is 0.0625. The largest absolute Gasteiger partial charge is 0.452 e. The Bertz CT molecular complexity index is 892. The third kappa shape index (κ3) is 4.76. The van der Waals surface area contributed by atoms with Gasteiger partial charge in [-0.25, -0.2) is 4.79 Å². The second-order valence-corrected chi connectivity index (χ2v) is 5.15. The molecule has 0 fully saturated rings. The minimum Gasteiger partial charge on any atom is -0.452 e. The van der Waals surface area contributed by atoms with E-state index in [9.17, 15) is 19.7 Å². The number of anilines is 1. The van der Waals surface area contributed by atoms with Crippen molar-refractivity contribution in [2.45, 2.75) is 0 Å². The van der Waals surface area contributed by atoms with Gasteiger partial charge in [-0.15, -0.1) is 0 Å². The standard InChI is InChI=1S/C16H10ClN3O5/c17-13-5-4-12(20(23)24)7-14(13)19-15(21)9-25-16(22)11-3-1-2-10(6-11)8-18/h1-7H,9H2,(H,19,21). The molecule has 8 nitrogen and oxygen atoms in total. The van der Waals surface area contributed by atoms with Crippen LogP contribution in [0.3, 0.4) is 0 Å². The molecule has 0 atom stereocenters. The first-order valence-electron chi connectivity index (χ1n) is 6.82. The topological polar surface area (TPSA) is 122 Å². The van der Waals surface area contributed by atoms with E-state index in [1.165, 1.54) is 36.4 Å². The molecule has 0 aromatic heterocycles. The van der Waals surface area contributed by atoms with Gasteiger partial charge in [-0.3, -0.25) is 14.9 Å². The number of nitrogens with zero attached hydrogens (tertiary/aromatic N) is 2. The summed E-state index contributed by atoms with van der Waals surface area (Å²) in [4.78, 5) is 33.8. The van der Waals surface area contributed by atoms with Gasteiger partial charge in [0, 0.05) is 12.1 Å². The number of carbonyl (C=O) groups is 2. The van der Waals surface area contributed by atoms with E-state index in [0.717, 1.165) is 6.07 Å². The van der Waals surface area contributed by atoms with Crippen molar-refractivity contribution < 1.29 is 19.2 Å². The number of nitro benzene ring substituents is 1. The van der Waals surface area contributed by atoms with Gasteiger partial charge in [0.25, 0.3) is 11.6 Å². The predicted octanol–water partition coefficient (Wildman–Crippen LogP) is 2.92. The Morgan fingerprint density at radius 3 is 2.72 bits per heavy atom. The lowest BCUT2D eigenvalue weighted by Crippen LogP contribution is -2.21. The fourth-order valence-electron chi connectivity index (χ4n) is 1.84. The number of hydrogen-bond donors (Lipinski definition) is 1. The van der Waals surface area contributed by atoms with E-state index in [4.69, 9.17) is 21.6 Å². The molecular formula is C16H10ClN3O5. The van der Waals surface area contributed by atoms with Gasteiger partial charge in [0.05, 0.1) is 32.8 Å². The van der Waals surface area contributed by atoms with Crippen molar-refractivity contribution >= 4 is 34.9 Å². The number of esters is 1. The van der Waals surface area contributed by atoms with E-state index in [-0.39, 0.29) is 27.5 Å². The van der Waals surface area contributed by atoms with Crippen LogP contribution in [0.2, 0.25) is 5.02 Å². The molecule has 1 N–H and O–H groups in total. The van der Waals surface area contributed by atoms with Gasteiger partial charge < -0.3 is 10.1 Å². The van der Waals surface area contributed by atoms with Crippen molar-refractivity contribution in [3.8, 4) is 6.07 Å². The third-order valence-corrected chi connectivity index (χ3v) is 3.33.